The van der Waals surface area contributed by atoms with Crippen LogP contribution in [0.15, 0.2) is 42.5 Å². The summed E-state index contributed by atoms with van der Waals surface area (Å²) in [6, 6.07) is 13.0. The third kappa shape index (κ3) is 2.80. The van der Waals surface area contributed by atoms with Gasteiger partial charge in [0.15, 0.2) is 5.78 Å². The molecule has 0 aliphatic rings. The van der Waals surface area contributed by atoms with Crippen molar-refractivity contribution < 1.29 is 14.7 Å². The summed E-state index contributed by atoms with van der Waals surface area (Å²) >= 11 is 0. The van der Waals surface area contributed by atoms with Crippen LogP contribution in [0.3, 0.4) is 0 Å². The van der Waals surface area contributed by atoms with Crippen LogP contribution in [0, 0.1) is 0 Å². The molecule has 0 aromatic heterocycles. The molecule has 19 heavy (non-hydrogen) atoms. The fourth-order valence-corrected chi connectivity index (χ4v) is 1.87. The van der Waals surface area contributed by atoms with E-state index in [1.807, 2.05) is 30.3 Å². The first-order chi connectivity index (χ1) is 8.90. The topological polar surface area (TPSA) is 80.4 Å². The van der Waals surface area contributed by atoms with E-state index >= 15 is 0 Å². The predicted molar refractivity (Wildman–Crippen MR) is 73.1 cm³/mol. The first-order valence-corrected chi connectivity index (χ1v) is 5.94. The van der Waals surface area contributed by atoms with E-state index in [1.54, 1.807) is 12.1 Å². The molecule has 0 aliphatic heterocycles. The second-order valence-corrected chi connectivity index (χ2v) is 4.88. The van der Waals surface area contributed by atoms with Gasteiger partial charge in [-0.2, -0.15) is 0 Å². The average Bonchev–Trinajstić information content (AvgIpc) is 2.37. The van der Waals surface area contributed by atoms with Gasteiger partial charge < -0.3 is 10.8 Å². The Morgan fingerprint density at radius 1 is 1.16 bits per heavy atom. The lowest BCUT2D eigenvalue weighted by Gasteiger charge is -2.17. The first-order valence-electron chi connectivity index (χ1n) is 5.94. The maximum Gasteiger partial charge on any atom is 0.323 e. The van der Waals surface area contributed by atoms with Crippen molar-refractivity contribution in [1.82, 2.24) is 0 Å². The summed E-state index contributed by atoms with van der Waals surface area (Å²) in [5.41, 5.74) is 4.53. The molecular formula is C15H15NO3. The fraction of sp³-hybridized carbons (Fsp3) is 0.200. The lowest BCUT2D eigenvalue weighted by Crippen LogP contribution is -2.46. The molecule has 2 rings (SSSR count). The van der Waals surface area contributed by atoms with Crippen LogP contribution in [-0.2, 0) is 4.79 Å². The second-order valence-electron chi connectivity index (χ2n) is 4.88. The molecule has 0 saturated heterocycles. The molecule has 0 saturated carbocycles. The van der Waals surface area contributed by atoms with Crippen molar-refractivity contribution in [1.29, 1.82) is 0 Å². The van der Waals surface area contributed by atoms with Crippen molar-refractivity contribution in [3.8, 4) is 0 Å². The SMILES string of the molecule is CC(N)(CC(=O)c1ccc2ccccc2c1)C(=O)O. The molecule has 0 bridgehead atoms. The maximum atomic E-state index is 12.1. The van der Waals surface area contributed by atoms with E-state index in [1.165, 1.54) is 6.92 Å². The molecule has 0 radical (unpaired) electrons. The fourth-order valence-electron chi connectivity index (χ4n) is 1.87. The molecule has 1 atom stereocenters. The summed E-state index contributed by atoms with van der Waals surface area (Å²) in [6.45, 7) is 1.34. The Morgan fingerprint density at radius 3 is 2.42 bits per heavy atom. The van der Waals surface area contributed by atoms with Crippen molar-refractivity contribution in [2.24, 2.45) is 5.73 Å². The maximum absolute atomic E-state index is 12.1. The van der Waals surface area contributed by atoms with Crippen molar-refractivity contribution in [2.75, 3.05) is 0 Å². The Morgan fingerprint density at radius 2 is 1.79 bits per heavy atom. The van der Waals surface area contributed by atoms with Gasteiger partial charge in [-0.15, -0.1) is 0 Å². The molecule has 0 fully saturated rings. The molecule has 0 amide bonds. The van der Waals surface area contributed by atoms with Gasteiger partial charge in [0.2, 0.25) is 0 Å². The zero-order valence-corrected chi connectivity index (χ0v) is 10.6. The number of rotatable bonds is 4. The molecule has 0 heterocycles. The molecule has 98 valence electrons. The van der Waals surface area contributed by atoms with Crippen LogP contribution in [0.25, 0.3) is 10.8 Å². The molecule has 1 unspecified atom stereocenters. The largest absolute Gasteiger partial charge is 0.480 e. The number of hydrogen-bond donors (Lipinski definition) is 2. The lowest BCUT2D eigenvalue weighted by atomic mass is 9.92. The summed E-state index contributed by atoms with van der Waals surface area (Å²) in [6.07, 6.45) is -0.222. The number of carboxylic acid groups (broad SMARTS) is 1. The van der Waals surface area contributed by atoms with Crippen molar-refractivity contribution in [3.05, 3.63) is 48.0 Å². The van der Waals surface area contributed by atoms with E-state index in [9.17, 15) is 9.59 Å². The van der Waals surface area contributed by atoms with Crippen LogP contribution in [0.4, 0.5) is 0 Å². The zero-order valence-electron chi connectivity index (χ0n) is 10.6. The third-order valence-corrected chi connectivity index (χ3v) is 3.09. The molecule has 2 aromatic carbocycles. The monoisotopic (exact) mass is 257 g/mol. The third-order valence-electron chi connectivity index (χ3n) is 3.09. The number of aliphatic carboxylic acids is 1. The number of benzene rings is 2. The molecule has 4 nitrogen and oxygen atoms in total. The molecule has 0 spiro atoms. The van der Waals surface area contributed by atoms with Crippen molar-refractivity contribution in [2.45, 2.75) is 18.9 Å². The summed E-state index contributed by atoms with van der Waals surface area (Å²) in [5, 5.41) is 10.9. The zero-order chi connectivity index (χ0) is 14.0. The van der Waals surface area contributed by atoms with E-state index in [0.717, 1.165) is 10.8 Å². The number of hydrogen-bond acceptors (Lipinski definition) is 3. The molecular weight excluding hydrogens is 242 g/mol. The van der Waals surface area contributed by atoms with Crippen LogP contribution in [0.1, 0.15) is 23.7 Å². The number of nitrogens with two attached hydrogens (primary N) is 1. The van der Waals surface area contributed by atoms with Crippen LogP contribution in [0.2, 0.25) is 0 Å². The molecule has 3 N–H and O–H groups in total. The highest BCUT2D eigenvalue weighted by molar-refractivity contribution is 6.02. The summed E-state index contributed by atoms with van der Waals surface area (Å²) in [4.78, 5) is 23.0. The van der Waals surface area contributed by atoms with Gasteiger partial charge in [0.25, 0.3) is 0 Å². The van der Waals surface area contributed by atoms with Gasteiger partial charge in [-0.3, -0.25) is 9.59 Å². The van der Waals surface area contributed by atoms with Gasteiger partial charge in [0, 0.05) is 12.0 Å². The van der Waals surface area contributed by atoms with Crippen LogP contribution >= 0.6 is 0 Å². The van der Waals surface area contributed by atoms with Gasteiger partial charge in [-0.25, -0.2) is 0 Å². The Hall–Kier alpha value is -2.20. The summed E-state index contributed by atoms with van der Waals surface area (Å²) in [5.74, 6) is -1.44. The minimum absolute atomic E-state index is 0.222. The van der Waals surface area contributed by atoms with Crippen LogP contribution in [0.5, 0.6) is 0 Å². The van der Waals surface area contributed by atoms with Gasteiger partial charge >= 0.3 is 5.97 Å². The van der Waals surface area contributed by atoms with Gasteiger partial charge in [0.05, 0.1) is 0 Å². The van der Waals surface area contributed by atoms with Gasteiger partial charge in [0.1, 0.15) is 5.54 Å². The van der Waals surface area contributed by atoms with Gasteiger partial charge in [-0.05, 0) is 23.8 Å². The van der Waals surface area contributed by atoms with Crippen molar-refractivity contribution >= 4 is 22.5 Å². The highest BCUT2D eigenvalue weighted by Gasteiger charge is 2.31. The Balaban J connectivity index is 2.29. The smallest absolute Gasteiger partial charge is 0.323 e. The average molecular weight is 257 g/mol. The first kappa shape index (κ1) is 13.2. The van der Waals surface area contributed by atoms with Gasteiger partial charge in [-0.1, -0.05) is 36.4 Å². The normalized spacial score (nSPS) is 14.0. The van der Waals surface area contributed by atoms with Crippen molar-refractivity contribution in [3.63, 3.8) is 0 Å². The standard InChI is InChI=1S/C15H15NO3/c1-15(16,14(18)19)9-13(17)12-7-6-10-4-2-3-5-11(10)8-12/h2-8H,9,16H2,1H3,(H,18,19). The Bertz CT molecular complexity index is 647. The number of carbonyl (C=O) groups excluding carboxylic acids is 1. The number of Topliss-reactive ketones (excluding diaryl/α,β-unsaturated/α-hetero) is 1. The lowest BCUT2D eigenvalue weighted by molar-refractivity contribution is -0.142. The Kier molecular flexibility index (Phi) is 3.36. The number of ketones is 1. The summed E-state index contributed by atoms with van der Waals surface area (Å²) in [7, 11) is 0. The number of carbonyl (C=O) groups is 2. The van der Waals surface area contributed by atoms with Crippen LogP contribution < -0.4 is 5.73 Å². The van der Waals surface area contributed by atoms with E-state index in [-0.39, 0.29) is 12.2 Å². The molecule has 4 heteroatoms. The number of carboxylic acids is 1. The van der Waals surface area contributed by atoms with E-state index in [0.29, 0.717) is 5.56 Å². The highest BCUT2D eigenvalue weighted by Crippen LogP contribution is 2.18. The minimum Gasteiger partial charge on any atom is -0.480 e. The molecule has 0 aliphatic carbocycles. The Labute approximate surface area is 110 Å². The quantitative estimate of drug-likeness (QED) is 0.823. The van der Waals surface area contributed by atoms with E-state index < -0.39 is 11.5 Å². The summed E-state index contributed by atoms with van der Waals surface area (Å²) < 4.78 is 0. The minimum atomic E-state index is -1.54. The van der Waals surface area contributed by atoms with Crippen LogP contribution in [-0.4, -0.2) is 22.4 Å². The van der Waals surface area contributed by atoms with E-state index in [4.69, 9.17) is 10.8 Å². The predicted octanol–water partition coefficient (Wildman–Crippen LogP) is 2.21. The van der Waals surface area contributed by atoms with E-state index in [2.05, 4.69) is 0 Å². The number of fused-ring (bicyclic) bond motifs is 1. The molecule has 2 aromatic rings. The second kappa shape index (κ2) is 4.82. The highest BCUT2D eigenvalue weighted by atomic mass is 16.4.